The molecule has 2 unspecified atom stereocenters. The van der Waals surface area contributed by atoms with Crippen molar-refractivity contribution in [1.82, 2.24) is 5.32 Å². The molecule has 1 amide bonds. The first-order chi connectivity index (χ1) is 9.34. The normalized spacial score (nSPS) is 22.4. The van der Waals surface area contributed by atoms with Crippen molar-refractivity contribution in [2.24, 2.45) is 11.8 Å². The average Bonchev–Trinajstić information content (AvgIpc) is 2.73. The van der Waals surface area contributed by atoms with E-state index >= 15 is 0 Å². The molecular formula is C13H23NO5S. The van der Waals surface area contributed by atoms with Gasteiger partial charge in [-0.1, -0.05) is 13.3 Å². The summed E-state index contributed by atoms with van der Waals surface area (Å²) in [6.45, 7) is 2.48. The maximum atomic E-state index is 11.8. The predicted octanol–water partition coefficient (Wildman–Crippen LogP) is 0.818. The largest absolute Gasteiger partial charge is 0.481 e. The van der Waals surface area contributed by atoms with Crippen LogP contribution in [0.3, 0.4) is 0 Å². The summed E-state index contributed by atoms with van der Waals surface area (Å²) in [7, 11) is -3.03. The molecule has 0 saturated carbocycles. The molecule has 1 heterocycles. The second-order valence-corrected chi connectivity index (χ2v) is 7.62. The van der Waals surface area contributed by atoms with Gasteiger partial charge in [0.1, 0.15) is 0 Å². The first-order valence-electron chi connectivity index (χ1n) is 7.04. The number of carboxylic acids is 1. The van der Waals surface area contributed by atoms with Gasteiger partial charge in [0.25, 0.3) is 0 Å². The number of aliphatic carboxylic acids is 1. The highest BCUT2D eigenvalue weighted by Crippen LogP contribution is 2.19. The molecule has 1 saturated heterocycles. The van der Waals surface area contributed by atoms with E-state index in [4.69, 9.17) is 5.11 Å². The zero-order valence-electron chi connectivity index (χ0n) is 11.8. The smallest absolute Gasteiger partial charge is 0.303 e. The Labute approximate surface area is 119 Å². The molecule has 0 aliphatic carbocycles. The van der Waals surface area contributed by atoms with Crippen molar-refractivity contribution in [2.75, 3.05) is 18.1 Å². The Balaban J connectivity index is 2.25. The van der Waals surface area contributed by atoms with Crippen molar-refractivity contribution in [2.45, 2.75) is 39.0 Å². The molecule has 0 aromatic rings. The summed E-state index contributed by atoms with van der Waals surface area (Å²) >= 11 is 0. The van der Waals surface area contributed by atoms with E-state index < -0.39 is 21.7 Å². The van der Waals surface area contributed by atoms with Crippen molar-refractivity contribution < 1.29 is 23.1 Å². The second-order valence-electron chi connectivity index (χ2n) is 5.39. The standard InChI is InChI=1S/C13H23NO5S/c1-2-10(3-4-12(15)16)5-7-14-13(17)11-6-8-20(18,19)9-11/h10-11H,2-9H2,1H3,(H,14,17)(H,15,16). The summed E-state index contributed by atoms with van der Waals surface area (Å²) in [6, 6.07) is 0. The van der Waals surface area contributed by atoms with E-state index in [1.807, 2.05) is 6.92 Å². The van der Waals surface area contributed by atoms with Gasteiger partial charge in [-0.2, -0.15) is 0 Å². The lowest BCUT2D eigenvalue weighted by Crippen LogP contribution is -2.32. The van der Waals surface area contributed by atoms with Crippen LogP contribution in [0.2, 0.25) is 0 Å². The molecule has 1 rings (SSSR count). The molecule has 0 bridgehead atoms. The first kappa shape index (κ1) is 16.9. The van der Waals surface area contributed by atoms with E-state index in [0.29, 0.717) is 19.4 Å². The lowest BCUT2D eigenvalue weighted by Gasteiger charge is -2.15. The van der Waals surface area contributed by atoms with Crippen LogP contribution in [0.25, 0.3) is 0 Å². The number of carbonyl (C=O) groups excluding carboxylic acids is 1. The van der Waals surface area contributed by atoms with Crippen LogP contribution < -0.4 is 5.32 Å². The van der Waals surface area contributed by atoms with Crippen molar-refractivity contribution in [1.29, 1.82) is 0 Å². The molecule has 1 fully saturated rings. The maximum absolute atomic E-state index is 11.8. The highest BCUT2D eigenvalue weighted by molar-refractivity contribution is 7.91. The van der Waals surface area contributed by atoms with Gasteiger partial charge >= 0.3 is 5.97 Å². The highest BCUT2D eigenvalue weighted by atomic mass is 32.2. The van der Waals surface area contributed by atoms with Gasteiger partial charge in [-0.3, -0.25) is 9.59 Å². The summed E-state index contributed by atoms with van der Waals surface area (Å²) in [6.07, 6.45) is 2.77. The summed E-state index contributed by atoms with van der Waals surface area (Å²) < 4.78 is 22.6. The number of amides is 1. The number of rotatable bonds is 8. The molecule has 20 heavy (non-hydrogen) atoms. The van der Waals surface area contributed by atoms with E-state index in [1.165, 1.54) is 0 Å². The van der Waals surface area contributed by atoms with Crippen molar-refractivity contribution in [3.63, 3.8) is 0 Å². The Morgan fingerprint density at radius 3 is 2.55 bits per heavy atom. The van der Waals surface area contributed by atoms with Gasteiger partial charge in [0.2, 0.25) is 5.91 Å². The first-order valence-corrected chi connectivity index (χ1v) is 8.86. The minimum Gasteiger partial charge on any atom is -0.481 e. The van der Waals surface area contributed by atoms with Crippen LogP contribution in [0.5, 0.6) is 0 Å². The van der Waals surface area contributed by atoms with Gasteiger partial charge in [-0.25, -0.2) is 8.42 Å². The number of hydrogen-bond acceptors (Lipinski definition) is 4. The number of carbonyl (C=O) groups is 2. The molecular weight excluding hydrogens is 282 g/mol. The van der Waals surface area contributed by atoms with Crippen LogP contribution >= 0.6 is 0 Å². The molecule has 6 nitrogen and oxygen atoms in total. The molecule has 0 aromatic carbocycles. The predicted molar refractivity (Wildman–Crippen MR) is 75.0 cm³/mol. The lowest BCUT2D eigenvalue weighted by molar-refractivity contribution is -0.137. The fourth-order valence-corrected chi connectivity index (χ4v) is 4.17. The minimum absolute atomic E-state index is 0.0466. The Kier molecular flexibility index (Phi) is 6.45. The molecule has 2 N–H and O–H groups in total. The van der Waals surface area contributed by atoms with E-state index in [1.54, 1.807) is 0 Å². The Morgan fingerprint density at radius 2 is 2.05 bits per heavy atom. The maximum Gasteiger partial charge on any atom is 0.303 e. The average molecular weight is 305 g/mol. The van der Waals surface area contributed by atoms with Crippen molar-refractivity contribution in [3.05, 3.63) is 0 Å². The highest BCUT2D eigenvalue weighted by Gasteiger charge is 2.32. The molecule has 2 atom stereocenters. The quantitative estimate of drug-likeness (QED) is 0.691. The van der Waals surface area contributed by atoms with Crippen LogP contribution in [0, 0.1) is 11.8 Å². The van der Waals surface area contributed by atoms with Gasteiger partial charge in [0.15, 0.2) is 9.84 Å². The zero-order valence-corrected chi connectivity index (χ0v) is 12.6. The van der Waals surface area contributed by atoms with E-state index in [9.17, 15) is 18.0 Å². The molecule has 0 aromatic heterocycles. The third-order valence-corrected chi connectivity index (χ3v) is 5.57. The molecule has 7 heteroatoms. The van der Waals surface area contributed by atoms with Crippen molar-refractivity contribution >= 4 is 21.7 Å². The van der Waals surface area contributed by atoms with Gasteiger partial charge in [0.05, 0.1) is 17.4 Å². The summed E-state index contributed by atoms with van der Waals surface area (Å²) in [4.78, 5) is 22.3. The molecule has 0 spiro atoms. The van der Waals surface area contributed by atoms with Gasteiger partial charge in [0, 0.05) is 13.0 Å². The molecule has 116 valence electrons. The molecule has 0 radical (unpaired) electrons. The third-order valence-electron chi connectivity index (χ3n) is 3.80. The molecule has 1 aliphatic heterocycles. The Morgan fingerprint density at radius 1 is 1.35 bits per heavy atom. The Hall–Kier alpha value is -1.11. The Bertz CT molecular complexity index is 446. The van der Waals surface area contributed by atoms with Crippen LogP contribution in [-0.2, 0) is 19.4 Å². The third kappa shape index (κ3) is 5.90. The number of hydrogen-bond donors (Lipinski definition) is 2. The van der Waals surface area contributed by atoms with Gasteiger partial charge in [-0.15, -0.1) is 0 Å². The van der Waals surface area contributed by atoms with E-state index in [0.717, 1.165) is 12.8 Å². The summed E-state index contributed by atoms with van der Waals surface area (Å²) in [5, 5.41) is 11.4. The SMILES string of the molecule is CCC(CCNC(=O)C1CCS(=O)(=O)C1)CCC(=O)O. The number of nitrogens with one attached hydrogen (secondary N) is 1. The summed E-state index contributed by atoms with van der Waals surface area (Å²) in [5.41, 5.74) is 0. The number of sulfone groups is 1. The monoisotopic (exact) mass is 305 g/mol. The second kappa shape index (κ2) is 7.61. The number of carboxylic acid groups (broad SMARTS) is 1. The van der Waals surface area contributed by atoms with Crippen LogP contribution in [0.4, 0.5) is 0 Å². The van der Waals surface area contributed by atoms with Crippen LogP contribution in [0.1, 0.15) is 39.0 Å². The zero-order chi connectivity index (χ0) is 15.2. The summed E-state index contributed by atoms with van der Waals surface area (Å²) in [5.74, 6) is -1.09. The van der Waals surface area contributed by atoms with Crippen molar-refractivity contribution in [3.8, 4) is 0 Å². The van der Waals surface area contributed by atoms with E-state index in [2.05, 4.69) is 5.32 Å². The topological polar surface area (TPSA) is 101 Å². The fourth-order valence-electron chi connectivity index (χ4n) is 2.43. The van der Waals surface area contributed by atoms with Crippen LogP contribution in [-0.4, -0.2) is 43.5 Å². The van der Waals surface area contributed by atoms with E-state index in [-0.39, 0.29) is 29.8 Å². The van der Waals surface area contributed by atoms with Gasteiger partial charge < -0.3 is 10.4 Å². The fraction of sp³-hybridized carbons (Fsp3) is 0.846. The molecule has 1 aliphatic rings. The lowest BCUT2D eigenvalue weighted by atomic mass is 9.96. The van der Waals surface area contributed by atoms with Gasteiger partial charge in [-0.05, 0) is 25.2 Å². The minimum atomic E-state index is -3.03. The van der Waals surface area contributed by atoms with Crippen LogP contribution in [0.15, 0.2) is 0 Å².